The lowest BCUT2D eigenvalue weighted by Crippen LogP contribution is -2.45. The van der Waals surface area contributed by atoms with Gasteiger partial charge in [-0.25, -0.2) is 0 Å². The average molecular weight is 281 g/mol. The molecule has 1 N–H and O–H groups in total. The Morgan fingerprint density at radius 3 is 3.10 bits per heavy atom. The fourth-order valence-electron chi connectivity index (χ4n) is 3.97. The largest absolute Gasteiger partial charge is 0.310 e. The first-order valence-corrected chi connectivity index (χ1v) is 8.20. The number of aromatic nitrogens is 1. The first kappa shape index (κ1) is 13.2. The third kappa shape index (κ3) is 2.68. The van der Waals surface area contributed by atoms with E-state index in [1.807, 2.05) is 6.20 Å². The van der Waals surface area contributed by atoms with Gasteiger partial charge >= 0.3 is 0 Å². The van der Waals surface area contributed by atoms with E-state index in [-0.39, 0.29) is 0 Å². The molecule has 2 atom stereocenters. The molecule has 0 radical (unpaired) electrons. The van der Waals surface area contributed by atoms with Crippen molar-refractivity contribution in [3.8, 4) is 0 Å². The van der Waals surface area contributed by atoms with Crippen LogP contribution in [0.2, 0.25) is 0 Å². The minimum Gasteiger partial charge on any atom is -0.310 e. The maximum atomic E-state index is 4.45. The van der Waals surface area contributed by atoms with E-state index in [1.165, 1.54) is 49.7 Å². The van der Waals surface area contributed by atoms with Gasteiger partial charge in [0.2, 0.25) is 0 Å². The topological polar surface area (TPSA) is 28.2 Å². The molecule has 2 saturated heterocycles. The number of rotatable bonds is 3. The van der Waals surface area contributed by atoms with Crippen LogP contribution >= 0.6 is 0 Å². The highest BCUT2D eigenvalue weighted by Crippen LogP contribution is 2.27. The van der Waals surface area contributed by atoms with E-state index in [2.05, 4.69) is 45.5 Å². The molecule has 2 aromatic rings. The molecule has 0 amide bonds. The minimum absolute atomic E-state index is 0.677. The zero-order valence-electron chi connectivity index (χ0n) is 12.5. The van der Waals surface area contributed by atoms with E-state index >= 15 is 0 Å². The molecule has 0 aliphatic carbocycles. The maximum Gasteiger partial charge on any atom is 0.0705 e. The Morgan fingerprint density at radius 2 is 2.10 bits per heavy atom. The second-order valence-corrected chi connectivity index (χ2v) is 6.42. The van der Waals surface area contributed by atoms with Crippen molar-refractivity contribution >= 4 is 10.9 Å². The zero-order valence-corrected chi connectivity index (χ0v) is 12.5. The predicted molar refractivity (Wildman–Crippen MR) is 86.2 cm³/mol. The molecule has 2 unspecified atom stereocenters. The first-order valence-electron chi connectivity index (χ1n) is 8.20. The lowest BCUT2D eigenvalue weighted by molar-refractivity contribution is 0.166. The Bertz CT molecular complexity index is 619. The van der Waals surface area contributed by atoms with Crippen molar-refractivity contribution < 1.29 is 0 Å². The first-order chi connectivity index (χ1) is 10.4. The van der Waals surface area contributed by atoms with Crippen LogP contribution in [-0.4, -0.2) is 35.1 Å². The second kappa shape index (κ2) is 5.74. The summed E-state index contributed by atoms with van der Waals surface area (Å²) in [7, 11) is 0. The molecule has 1 aromatic heterocycles. The summed E-state index contributed by atoms with van der Waals surface area (Å²) in [6.45, 7) is 3.56. The van der Waals surface area contributed by atoms with Gasteiger partial charge in [0.15, 0.2) is 0 Å². The fraction of sp³-hybridized carbons (Fsp3) is 0.500. The number of hydrogen-bond acceptors (Lipinski definition) is 3. The van der Waals surface area contributed by atoms with Crippen LogP contribution in [0.4, 0.5) is 0 Å². The molecule has 0 bridgehead atoms. The van der Waals surface area contributed by atoms with Gasteiger partial charge in [0, 0.05) is 30.2 Å². The van der Waals surface area contributed by atoms with Crippen LogP contribution in [0.1, 0.15) is 31.2 Å². The summed E-state index contributed by atoms with van der Waals surface area (Å²) in [6.07, 6.45) is 7.34. The van der Waals surface area contributed by atoms with E-state index < -0.39 is 0 Å². The highest BCUT2D eigenvalue weighted by molar-refractivity contribution is 5.81. The number of benzene rings is 1. The van der Waals surface area contributed by atoms with E-state index in [1.54, 1.807) is 0 Å². The van der Waals surface area contributed by atoms with E-state index in [0.717, 1.165) is 18.1 Å². The molecule has 21 heavy (non-hydrogen) atoms. The van der Waals surface area contributed by atoms with Crippen molar-refractivity contribution in [1.29, 1.82) is 0 Å². The number of nitrogens with zero attached hydrogens (tertiary/aromatic N) is 2. The summed E-state index contributed by atoms with van der Waals surface area (Å²) in [6, 6.07) is 12.1. The third-order valence-electron chi connectivity index (χ3n) is 5.14. The average Bonchev–Trinajstić information content (AvgIpc) is 3.00. The standard InChI is InChI=1S/C18H23N3/c1-2-6-18-17(5-1)14(7-9-19-18)13-20-15-8-11-21-10-3-4-16(21)12-15/h1-2,5-7,9,15-16,20H,3-4,8,10-13H2. The van der Waals surface area contributed by atoms with Crippen LogP contribution < -0.4 is 5.32 Å². The van der Waals surface area contributed by atoms with Crippen molar-refractivity contribution in [3.05, 3.63) is 42.1 Å². The summed E-state index contributed by atoms with van der Waals surface area (Å²) in [5, 5.41) is 5.07. The number of pyridine rings is 1. The summed E-state index contributed by atoms with van der Waals surface area (Å²) in [5.41, 5.74) is 2.47. The normalized spacial score (nSPS) is 26.1. The number of hydrogen-bond donors (Lipinski definition) is 1. The van der Waals surface area contributed by atoms with Gasteiger partial charge in [-0.05, 0) is 56.5 Å². The third-order valence-corrected chi connectivity index (χ3v) is 5.14. The molecule has 0 spiro atoms. The van der Waals surface area contributed by atoms with Crippen LogP contribution in [0, 0.1) is 0 Å². The molecule has 2 aliphatic rings. The molecule has 2 fully saturated rings. The monoisotopic (exact) mass is 281 g/mol. The minimum atomic E-state index is 0.677. The molecule has 0 saturated carbocycles. The van der Waals surface area contributed by atoms with Gasteiger partial charge in [0.05, 0.1) is 5.52 Å². The smallest absolute Gasteiger partial charge is 0.0705 e. The Kier molecular flexibility index (Phi) is 3.62. The maximum absolute atomic E-state index is 4.45. The van der Waals surface area contributed by atoms with Gasteiger partial charge in [0.25, 0.3) is 0 Å². The molecular weight excluding hydrogens is 258 g/mol. The van der Waals surface area contributed by atoms with Crippen LogP contribution in [0.5, 0.6) is 0 Å². The van der Waals surface area contributed by atoms with Crippen LogP contribution in [-0.2, 0) is 6.54 Å². The Balaban J connectivity index is 1.44. The highest BCUT2D eigenvalue weighted by atomic mass is 15.2. The van der Waals surface area contributed by atoms with Gasteiger partial charge in [-0.15, -0.1) is 0 Å². The van der Waals surface area contributed by atoms with Gasteiger partial charge in [-0.3, -0.25) is 4.98 Å². The lowest BCUT2D eigenvalue weighted by Gasteiger charge is -2.35. The zero-order chi connectivity index (χ0) is 14.1. The molecule has 3 heterocycles. The molecule has 3 heteroatoms. The number of para-hydroxylation sites is 1. The van der Waals surface area contributed by atoms with Gasteiger partial charge in [-0.2, -0.15) is 0 Å². The van der Waals surface area contributed by atoms with Gasteiger partial charge in [0.1, 0.15) is 0 Å². The Morgan fingerprint density at radius 1 is 1.14 bits per heavy atom. The molecule has 1 aromatic carbocycles. The van der Waals surface area contributed by atoms with Crippen molar-refractivity contribution in [2.24, 2.45) is 0 Å². The SMILES string of the molecule is c1ccc2c(CNC3CCN4CCCC4C3)ccnc2c1. The fourth-order valence-corrected chi connectivity index (χ4v) is 3.97. The quantitative estimate of drug-likeness (QED) is 0.937. The van der Waals surface area contributed by atoms with Crippen molar-refractivity contribution in [2.75, 3.05) is 13.1 Å². The van der Waals surface area contributed by atoms with E-state index in [4.69, 9.17) is 0 Å². The molecule has 4 rings (SSSR count). The van der Waals surface area contributed by atoms with Gasteiger partial charge < -0.3 is 10.2 Å². The van der Waals surface area contributed by atoms with Crippen LogP contribution in [0.25, 0.3) is 10.9 Å². The lowest BCUT2D eigenvalue weighted by atomic mass is 9.97. The summed E-state index contributed by atoms with van der Waals surface area (Å²) in [4.78, 5) is 7.13. The highest BCUT2D eigenvalue weighted by Gasteiger charge is 2.31. The van der Waals surface area contributed by atoms with Gasteiger partial charge in [-0.1, -0.05) is 18.2 Å². The Hall–Kier alpha value is -1.45. The molecular formula is C18H23N3. The van der Waals surface area contributed by atoms with Crippen LogP contribution in [0.15, 0.2) is 36.5 Å². The number of nitrogens with one attached hydrogen (secondary N) is 1. The summed E-state index contributed by atoms with van der Waals surface area (Å²) < 4.78 is 0. The molecule has 110 valence electrons. The second-order valence-electron chi connectivity index (χ2n) is 6.42. The molecule has 3 nitrogen and oxygen atoms in total. The predicted octanol–water partition coefficient (Wildman–Crippen LogP) is 2.95. The van der Waals surface area contributed by atoms with Crippen molar-refractivity contribution in [3.63, 3.8) is 0 Å². The van der Waals surface area contributed by atoms with Crippen molar-refractivity contribution in [2.45, 2.75) is 44.3 Å². The van der Waals surface area contributed by atoms with E-state index in [0.29, 0.717) is 6.04 Å². The van der Waals surface area contributed by atoms with Crippen molar-refractivity contribution in [1.82, 2.24) is 15.2 Å². The van der Waals surface area contributed by atoms with E-state index in [9.17, 15) is 0 Å². The number of fused-ring (bicyclic) bond motifs is 2. The number of piperidine rings is 1. The van der Waals surface area contributed by atoms with Crippen LogP contribution in [0.3, 0.4) is 0 Å². The molecule has 2 aliphatic heterocycles. The summed E-state index contributed by atoms with van der Waals surface area (Å²) in [5.74, 6) is 0. The Labute approximate surface area is 126 Å². The summed E-state index contributed by atoms with van der Waals surface area (Å²) >= 11 is 0.